The summed E-state index contributed by atoms with van der Waals surface area (Å²) in [6.45, 7) is 4.55. The summed E-state index contributed by atoms with van der Waals surface area (Å²) in [5.74, 6) is 0.0159. The SMILES string of the molecule is CC(=O)N1CCC(c2nc3c(C#N)c(C)c(-c4ccccc4)c(F)c3o2)CC1. The second-order valence-electron chi connectivity index (χ2n) is 7.18. The van der Waals surface area contributed by atoms with Crippen molar-refractivity contribution in [3.63, 3.8) is 0 Å². The molecular formula is C22H20FN3O2. The number of hydrogen-bond donors (Lipinski definition) is 0. The number of fused-ring (bicyclic) bond motifs is 1. The van der Waals surface area contributed by atoms with Gasteiger partial charge in [0.15, 0.2) is 17.3 Å². The standard InChI is InChI=1S/C22H20FN3O2/c1-13-17(12-24)20-21(19(23)18(13)15-6-4-3-5-7-15)28-22(25-20)16-8-10-26(11-9-16)14(2)27/h3-7,16H,8-11H2,1-2H3. The molecule has 3 aromatic rings. The average Bonchev–Trinajstić information content (AvgIpc) is 3.15. The van der Waals surface area contributed by atoms with Crippen LogP contribution in [0, 0.1) is 24.1 Å². The first kappa shape index (κ1) is 18.2. The van der Waals surface area contributed by atoms with Crippen molar-refractivity contribution >= 4 is 17.0 Å². The lowest BCUT2D eigenvalue weighted by Crippen LogP contribution is -2.36. The van der Waals surface area contributed by atoms with Gasteiger partial charge in [-0.25, -0.2) is 9.37 Å². The van der Waals surface area contributed by atoms with Gasteiger partial charge in [-0.3, -0.25) is 4.79 Å². The number of hydrogen-bond acceptors (Lipinski definition) is 4. The van der Waals surface area contributed by atoms with Crippen molar-refractivity contribution < 1.29 is 13.6 Å². The van der Waals surface area contributed by atoms with Gasteiger partial charge >= 0.3 is 0 Å². The maximum atomic E-state index is 15.4. The maximum absolute atomic E-state index is 15.4. The number of halogens is 1. The van der Waals surface area contributed by atoms with E-state index in [2.05, 4.69) is 11.1 Å². The molecule has 5 nitrogen and oxygen atoms in total. The fourth-order valence-electron chi connectivity index (χ4n) is 3.94. The zero-order valence-electron chi connectivity index (χ0n) is 15.8. The van der Waals surface area contributed by atoms with Crippen LogP contribution in [0.4, 0.5) is 4.39 Å². The Morgan fingerprint density at radius 2 is 1.96 bits per heavy atom. The molecule has 1 aliphatic heterocycles. The number of nitrogens with zero attached hydrogens (tertiary/aromatic N) is 3. The van der Waals surface area contributed by atoms with E-state index in [-0.39, 0.29) is 22.9 Å². The van der Waals surface area contributed by atoms with Gasteiger partial charge in [-0.05, 0) is 30.9 Å². The molecule has 142 valence electrons. The fourth-order valence-corrected chi connectivity index (χ4v) is 3.94. The van der Waals surface area contributed by atoms with E-state index in [1.807, 2.05) is 30.3 Å². The van der Waals surface area contributed by atoms with Gasteiger partial charge in [-0.1, -0.05) is 30.3 Å². The second-order valence-corrected chi connectivity index (χ2v) is 7.18. The van der Waals surface area contributed by atoms with Crippen molar-refractivity contribution in [3.05, 3.63) is 53.2 Å². The minimum atomic E-state index is -0.488. The number of rotatable bonds is 2. The summed E-state index contributed by atoms with van der Waals surface area (Å²) >= 11 is 0. The Hall–Kier alpha value is -3.20. The average molecular weight is 377 g/mol. The fraction of sp³-hybridized carbons (Fsp3) is 0.318. The molecule has 1 aromatic heterocycles. The monoisotopic (exact) mass is 377 g/mol. The summed E-state index contributed by atoms with van der Waals surface area (Å²) in [5, 5.41) is 9.70. The summed E-state index contributed by atoms with van der Waals surface area (Å²) in [6, 6.07) is 11.3. The van der Waals surface area contributed by atoms with Crippen LogP contribution in [0.1, 0.15) is 42.7 Å². The highest BCUT2D eigenvalue weighted by molar-refractivity contribution is 5.89. The molecule has 0 aliphatic carbocycles. The van der Waals surface area contributed by atoms with Gasteiger partial charge in [0.2, 0.25) is 5.91 Å². The third-order valence-corrected chi connectivity index (χ3v) is 5.51. The Kier molecular flexibility index (Phi) is 4.60. The van der Waals surface area contributed by atoms with Crippen LogP contribution in [-0.2, 0) is 4.79 Å². The highest BCUT2D eigenvalue weighted by Crippen LogP contribution is 2.38. The van der Waals surface area contributed by atoms with E-state index in [0.717, 1.165) is 0 Å². The van der Waals surface area contributed by atoms with E-state index >= 15 is 4.39 Å². The Balaban J connectivity index is 1.81. The lowest BCUT2D eigenvalue weighted by molar-refractivity contribution is -0.129. The number of likely N-dealkylation sites (tertiary alicyclic amines) is 1. The minimum Gasteiger partial charge on any atom is -0.437 e. The van der Waals surface area contributed by atoms with Gasteiger partial charge in [-0.15, -0.1) is 0 Å². The first-order chi connectivity index (χ1) is 13.5. The molecule has 0 unspecified atom stereocenters. The number of benzene rings is 2. The molecule has 0 radical (unpaired) electrons. The van der Waals surface area contributed by atoms with Crippen LogP contribution < -0.4 is 0 Å². The van der Waals surface area contributed by atoms with Crippen molar-refractivity contribution in [2.75, 3.05) is 13.1 Å². The van der Waals surface area contributed by atoms with Gasteiger partial charge in [0.05, 0.1) is 5.56 Å². The third-order valence-electron chi connectivity index (χ3n) is 5.51. The molecular weight excluding hydrogens is 357 g/mol. The van der Waals surface area contributed by atoms with Crippen LogP contribution in [0.5, 0.6) is 0 Å². The van der Waals surface area contributed by atoms with Crippen molar-refractivity contribution in [1.29, 1.82) is 5.26 Å². The second kappa shape index (κ2) is 7.08. The number of aromatic nitrogens is 1. The maximum Gasteiger partial charge on any atom is 0.219 e. The molecule has 1 amide bonds. The van der Waals surface area contributed by atoms with E-state index in [1.54, 1.807) is 18.7 Å². The molecule has 0 N–H and O–H groups in total. The molecule has 0 bridgehead atoms. The summed E-state index contributed by atoms with van der Waals surface area (Å²) in [7, 11) is 0. The largest absolute Gasteiger partial charge is 0.437 e. The van der Waals surface area contributed by atoms with Crippen LogP contribution in [0.15, 0.2) is 34.7 Å². The first-order valence-electron chi connectivity index (χ1n) is 9.34. The van der Waals surface area contributed by atoms with Crippen molar-refractivity contribution in [1.82, 2.24) is 9.88 Å². The smallest absolute Gasteiger partial charge is 0.219 e. The van der Waals surface area contributed by atoms with Crippen molar-refractivity contribution in [3.8, 4) is 17.2 Å². The molecule has 0 spiro atoms. The zero-order chi connectivity index (χ0) is 19.8. The number of carbonyl (C=O) groups excluding carboxylic acids is 1. The number of carbonyl (C=O) groups is 1. The van der Waals surface area contributed by atoms with Crippen molar-refractivity contribution in [2.24, 2.45) is 0 Å². The number of amides is 1. The van der Waals surface area contributed by atoms with Crippen LogP contribution in [0.2, 0.25) is 0 Å². The Morgan fingerprint density at radius 3 is 2.57 bits per heavy atom. The van der Waals surface area contributed by atoms with Gasteiger partial charge in [0, 0.05) is 31.5 Å². The van der Waals surface area contributed by atoms with Gasteiger partial charge in [0.1, 0.15) is 11.6 Å². The summed E-state index contributed by atoms with van der Waals surface area (Å²) in [6.07, 6.45) is 1.42. The molecule has 6 heteroatoms. The molecule has 1 fully saturated rings. The predicted molar refractivity (Wildman–Crippen MR) is 103 cm³/mol. The number of nitriles is 1. The van der Waals surface area contributed by atoms with E-state index in [9.17, 15) is 10.1 Å². The van der Waals surface area contributed by atoms with Gasteiger partial charge < -0.3 is 9.32 Å². The zero-order valence-corrected chi connectivity index (χ0v) is 15.8. The first-order valence-corrected chi connectivity index (χ1v) is 9.34. The summed E-state index contributed by atoms with van der Waals surface area (Å²) < 4.78 is 21.2. The van der Waals surface area contributed by atoms with E-state index in [0.29, 0.717) is 54.1 Å². The van der Waals surface area contributed by atoms with Crippen LogP contribution in [0.25, 0.3) is 22.2 Å². The summed E-state index contributed by atoms with van der Waals surface area (Å²) in [4.78, 5) is 17.8. The molecule has 2 aromatic carbocycles. The van der Waals surface area contributed by atoms with Crippen LogP contribution in [0.3, 0.4) is 0 Å². The molecule has 1 saturated heterocycles. The molecule has 1 aliphatic rings. The van der Waals surface area contributed by atoms with Crippen LogP contribution in [-0.4, -0.2) is 28.9 Å². The van der Waals surface area contributed by atoms with Gasteiger partial charge in [-0.2, -0.15) is 5.26 Å². The predicted octanol–water partition coefficient (Wildman–Crippen LogP) is 4.54. The Labute approximate surface area is 162 Å². The molecule has 0 atom stereocenters. The molecule has 28 heavy (non-hydrogen) atoms. The minimum absolute atomic E-state index is 0.00873. The van der Waals surface area contributed by atoms with E-state index in [4.69, 9.17) is 4.42 Å². The third kappa shape index (κ3) is 2.93. The molecule has 4 rings (SSSR count). The Bertz CT molecular complexity index is 1090. The lowest BCUT2D eigenvalue weighted by Gasteiger charge is -2.29. The quantitative estimate of drug-likeness (QED) is 0.657. The van der Waals surface area contributed by atoms with E-state index < -0.39 is 5.82 Å². The highest BCUT2D eigenvalue weighted by atomic mass is 19.1. The lowest BCUT2D eigenvalue weighted by atomic mass is 9.95. The Morgan fingerprint density at radius 1 is 1.29 bits per heavy atom. The van der Waals surface area contributed by atoms with Crippen LogP contribution >= 0.6 is 0 Å². The highest BCUT2D eigenvalue weighted by Gasteiger charge is 2.29. The topological polar surface area (TPSA) is 70.1 Å². The van der Waals surface area contributed by atoms with Crippen molar-refractivity contribution in [2.45, 2.75) is 32.6 Å². The van der Waals surface area contributed by atoms with Gasteiger partial charge in [0.25, 0.3) is 0 Å². The normalized spacial score (nSPS) is 15.0. The van der Waals surface area contributed by atoms with E-state index in [1.165, 1.54) is 0 Å². The number of oxazole rings is 1. The molecule has 2 heterocycles. The number of piperidine rings is 1. The molecule has 0 saturated carbocycles. The summed E-state index contributed by atoms with van der Waals surface area (Å²) in [5.41, 5.74) is 2.28.